The standard InChI is InChI=1S/C16H21ClN2O/c1-12-2-3-13(10-14(12)17)15(20)19-8-5-16(6-9-19)4-7-18-11-16/h2-3,10,18H,4-9,11H2,1H3. The number of likely N-dealkylation sites (tertiary alicyclic amines) is 1. The predicted octanol–water partition coefficient (Wildman–Crippen LogP) is 2.86. The largest absolute Gasteiger partial charge is 0.339 e. The zero-order chi connectivity index (χ0) is 14.2. The Kier molecular flexibility index (Phi) is 3.74. The van der Waals surface area contributed by atoms with Crippen LogP contribution >= 0.6 is 11.6 Å². The predicted molar refractivity (Wildman–Crippen MR) is 81.2 cm³/mol. The zero-order valence-electron chi connectivity index (χ0n) is 11.9. The van der Waals surface area contributed by atoms with Crippen LogP contribution in [0.25, 0.3) is 0 Å². The van der Waals surface area contributed by atoms with Gasteiger partial charge in [-0.1, -0.05) is 17.7 Å². The van der Waals surface area contributed by atoms with E-state index in [1.807, 2.05) is 24.0 Å². The Morgan fingerprint density at radius 3 is 2.65 bits per heavy atom. The summed E-state index contributed by atoms with van der Waals surface area (Å²) in [5.41, 5.74) is 2.17. The summed E-state index contributed by atoms with van der Waals surface area (Å²) < 4.78 is 0. The van der Waals surface area contributed by atoms with Gasteiger partial charge in [-0.15, -0.1) is 0 Å². The van der Waals surface area contributed by atoms with E-state index in [1.165, 1.54) is 6.42 Å². The van der Waals surface area contributed by atoms with E-state index in [0.29, 0.717) is 16.0 Å². The molecule has 1 amide bonds. The molecule has 0 radical (unpaired) electrons. The van der Waals surface area contributed by atoms with Gasteiger partial charge in [0.2, 0.25) is 0 Å². The van der Waals surface area contributed by atoms with Gasteiger partial charge in [0.25, 0.3) is 5.91 Å². The van der Waals surface area contributed by atoms with E-state index < -0.39 is 0 Å². The van der Waals surface area contributed by atoms with Crippen LogP contribution in [-0.4, -0.2) is 37.0 Å². The van der Waals surface area contributed by atoms with Crippen molar-refractivity contribution in [2.24, 2.45) is 5.41 Å². The van der Waals surface area contributed by atoms with E-state index in [4.69, 9.17) is 11.6 Å². The monoisotopic (exact) mass is 292 g/mol. The number of carbonyl (C=O) groups is 1. The summed E-state index contributed by atoms with van der Waals surface area (Å²) in [7, 11) is 0. The van der Waals surface area contributed by atoms with Crippen molar-refractivity contribution in [2.75, 3.05) is 26.2 Å². The summed E-state index contributed by atoms with van der Waals surface area (Å²) in [4.78, 5) is 14.5. The molecule has 2 heterocycles. The molecule has 2 aliphatic rings. The minimum atomic E-state index is 0.118. The fourth-order valence-corrected chi connectivity index (χ4v) is 3.50. The molecule has 0 unspecified atom stereocenters. The second-order valence-electron chi connectivity index (χ2n) is 6.18. The van der Waals surface area contributed by atoms with Crippen molar-refractivity contribution < 1.29 is 4.79 Å². The highest BCUT2D eigenvalue weighted by Gasteiger charge is 2.38. The van der Waals surface area contributed by atoms with Crippen LogP contribution in [0.3, 0.4) is 0 Å². The van der Waals surface area contributed by atoms with E-state index in [-0.39, 0.29) is 5.91 Å². The van der Waals surface area contributed by atoms with Gasteiger partial charge in [0.15, 0.2) is 0 Å². The van der Waals surface area contributed by atoms with Gasteiger partial charge in [0.05, 0.1) is 0 Å². The molecule has 1 aromatic carbocycles. The van der Waals surface area contributed by atoms with Crippen LogP contribution in [0.2, 0.25) is 5.02 Å². The molecule has 20 heavy (non-hydrogen) atoms. The Labute approximate surface area is 125 Å². The first-order valence-electron chi connectivity index (χ1n) is 7.36. The van der Waals surface area contributed by atoms with Gasteiger partial charge in [-0.05, 0) is 55.8 Å². The lowest BCUT2D eigenvalue weighted by Crippen LogP contribution is -2.44. The molecule has 1 N–H and O–H groups in total. The number of nitrogens with zero attached hydrogens (tertiary/aromatic N) is 1. The number of halogens is 1. The summed E-state index contributed by atoms with van der Waals surface area (Å²) in [6.45, 7) is 5.93. The fourth-order valence-electron chi connectivity index (χ4n) is 3.31. The van der Waals surface area contributed by atoms with Gasteiger partial charge in [-0.25, -0.2) is 0 Å². The number of benzene rings is 1. The van der Waals surface area contributed by atoms with Crippen molar-refractivity contribution >= 4 is 17.5 Å². The molecule has 1 spiro atoms. The van der Waals surface area contributed by atoms with Gasteiger partial charge < -0.3 is 10.2 Å². The molecule has 0 saturated carbocycles. The van der Waals surface area contributed by atoms with Crippen LogP contribution in [0, 0.1) is 12.3 Å². The van der Waals surface area contributed by atoms with Gasteiger partial charge in [-0.3, -0.25) is 4.79 Å². The van der Waals surface area contributed by atoms with Crippen molar-refractivity contribution in [3.05, 3.63) is 34.3 Å². The van der Waals surface area contributed by atoms with E-state index in [2.05, 4.69) is 5.32 Å². The summed E-state index contributed by atoms with van der Waals surface area (Å²) in [5.74, 6) is 0.118. The first-order valence-corrected chi connectivity index (χ1v) is 7.74. The molecule has 0 aromatic heterocycles. The average Bonchev–Trinajstić information content (AvgIpc) is 2.90. The quantitative estimate of drug-likeness (QED) is 0.863. The van der Waals surface area contributed by atoms with Gasteiger partial charge in [-0.2, -0.15) is 0 Å². The highest BCUT2D eigenvalue weighted by molar-refractivity contribution is 6.31. The average molecular weight is 293 g/mol. The van der Waals surface area contributed by atoms with Crippen LogP contribution in [0.4, 0.5) is 0 Å². The summed E-state index contributed by atoms with van der Waals surface area (Å²) in [5, 5.41) is 4.12. The van der Waals surface area contributed by atoms with Crippen molar-refractivity contribution in [1.82, 2.24) is 10.2 Å². The summed E-state index contributed by atoms with van der Waals surface area (Å²) >= 11 is 6.12. The molecule has 2 saturated heterocycles. The molecule has 2 aliphatic heterocycles. The molecule has 3 rings (SSSR count). The molecule has 108 valence electrons. The van der Waals surface area contributed by atoms with Gasteiger partial charge in [0, 0.05) is 30.2 Å². The van der Waals surface area contributed by atoms with Crippen molar-refractivity contribution in [3.63, 3.8) is 0 Å². The number of nitrogens with one attached hydrogen (secondary N) is 1. The Morgan fingerprint density at radius 2 is 2.05 bits per heavy atom. The number of piperidine rings is 1. The Hall–Kier alpha value is -1.06. The van der Waals surface area contributed by atoms with Crippen LogP contribution in [0.1, 0.15) is 35.2 Å². The number of rotatable bonds is 1. The summed E-state index contributed by atoms with van der Waals surface area (Å²) in [6, 6.07) is 5.59. The Morgan fingerprint density at radius 1 is 1.30 bits per heavy atom. The fraction of sp³-hybridized carbons (Fsp3) is 0.562. The van der Waals surface area contributed by atoms with E-state index in [9.17, 15) is 4.79 Å². The molecule has 2 fully saturated rings. The Bertz CT molecular complexity index is 513. The molecule has 4 heteroatoms. The van der Waals surface area contributed by atoms with Crippen molar-refractivity contribution in [2.45, 2.75) is 26.2 Å². The topological polar surface area (TPSA) is 32.3 Å². The van der Waals surface area contributed by atoms with Crippen LogP contribution in [0.15, 0.2) is 18.2 Å². The van der Waals surface area contributed by atoms with E-state index in [1.54, 1.807) is 6.07 Å². The molecular formula is C16H21ClN2O. The lowest BCUT2D eigenvalue weighted by molar-refractivity contribution is 0.0607. The number of amides is 1. The SMILES string of the molecule is Cc1ccc(C(=O)N2CCC3(CCNC3)CC2)cc1Cl. The smallest absolute Gasteiger partial charge is 0.253 e. The second kappa shape index (κ2) is 5.38. The minimum Gasteiger partial charge on any atom is -0.339 e. The maximum Gasteiger partial charge on any atom is 0.253 e. The van der Waals surface area contributed by atoms with E-state index >= 15 is 0 Å². The molecule has 1 aromatic rings. The van der Waals surface area contributed by atoms with Crippen molar-refractivity contribution in [3.8, 4) is 0 Å². The number of hydrogen-bond donors (Lipinski definition) is 1. The van der Waals surface area contributed by atoms with Gasteiger partial charge in [0.1, 0.15) is 0 Å². The summed E-state index contributed by atoms with van der Waals surface area (Å²) in [6.07, 6.45) is 3.49. The Balaban J connectivity index is 1.68. The third kappa shape index (κ3) is 2.57. The van der Waals surface area contributed by atoms with Crippen LogP contribution in [0.5, 0.6) is 0 Å². The van der Waals surface area contributed by atoms with Crippen LogP contribution in [-0.2, 0) is 0 Å². The normalized spacial score (nSPS) is 21.4. The number of hydrogen-bond acceptors (Lipinski definition) is 2. The van der Waals surface area contributed by atoms with Gasteiger partial charge >= 0.3 is 0 Å². The third-order valence-electron chi connectivity index (χ3n) is 4.86. The maximum absolute atomic E-state index is 12.5. The molecule has 0 bridgehead atoms. The second-order valence-corrected chi connectivity index (χ2v) is 6.59. The van der Waals surface area contributed by atoms with Crippen molar-refractivity contribution in [1.29, 1.82) is 0 Å². The first kappa shape index (κ1) is 13.9. The molecule has 0 atom stereocenters. The highest BCUT2D eigenvalue weighted by Crippen LogP contribution is 2.37. The molecule has 0 aliphatic carbocycles. The third-order valence-corrected chi connectivity index (χ3v) is 5.27. The minimum absolute atomic E-state index is 0.118. The van der Waals surface area contributed by atoms with E-state index in [0.717, 1.165) is 44.6 Å². The molecular weight excluding hydrogens is 272 g/mol. The maximum atomic E-state index is 12.5. The highest BCUT2D eigenvalue weighted by atomic mass is 35.5. The molecule has 3 nitrogen and oxygen atoms in total. The number of carbonyl (C=O) groups excluding carboxylic acids is 1. The number of aryl methyl sites for hydroxylation is 1. The zero-order valence-corrected chi connectivity index (χ0v) is 12.7. The first-order chi connectivity index (χ1) is 9.60. The van der Waals surface area contributed by atoms with Crippen LogP contribution < -0.4 is 5.32 Å². The lowest BCUT2D eigenvalue weighted by Gasteiger charge is -2.39. The lowest BCUT2D eigenvalue weighted by atomic mass is 9.78.